The van der Waals surface area contributed by atoms with E-state index in [9.17, 15) is 14.9 Å². The highest BCUT2D eigenvalue weighted by Crippen LogP contribution is 2.11. The first-order chi connectivity index (χ1) is 9.66. The minimum atomic E-state index is -0.494. The molecule has 1 N–H and O–H groups in total. The Morgan fingerprint density at radius 2 is 2.20 bits per heavy atom. The van der Waals surface area contributed by atoms with E-state index < -0.39 is 10.8 Å². The highest BCUT2D eigenvalue weighted by atomic mass is 16.6. The molecule has 1 heterocycles. The Morgan fingerprint density at radius 1 is 1.35 bits per heavy atom. The predicted octanol–water partition coefficient (Wildman–Crippen LogP) is 1.75. The zero-order valence-corrected chi connectivity index (χ0v) is 10.3. The van der Waals surface area contributed by atoms with E-state index in [1.165, 1.54) is 24.5 Å². The molecular formula is C13H10N4O3. The molecule has 0 aliphatic heterocycles. The fourth-order valence-corrected chi connectivity index (χ4v) is 1.45. The molecule has 0 spiro atoms. The third-order valence-electron chi connectivity index (χ3n) is 2.38. The number of nitrogens with one attached hydrogen (secondary N) is 1. The second-order valence-corrected chi connectivity index (χ2v) is 3.79. The van der Waals surface area contributed by atoms with Gasteiger partial charge in [0.15, 0.2) is 0 Å². The highest BCUT2D eigenvalue weighted by molar-refractivity contribution is 5.94. The lowest BCUT2D eigenvalue weighted by atomic mass is 10.2. The number of hydrogen-bond donors (Lipinski definition) is 1. The lowest BCUT2D eigenvalue weighted by molar-refractivity contribution is -0.384. The monoisotopic (exact) mass is 270 g/mol. The molecule has 1 amide bonds. The summed E-state index contributed by atoms with van der Waals surface area (Å²) < 4.78 is 0. The zero-order valence-electron chi connectivity index (χ0n) is 10.3. The van der Waals surface area contributed by atoms with Gasteiger partial charge in [-0.25, -0.2) is 5.43 Å². The van der Waals surface area contributed by atoms with Gasteiger partial charge in [-0.05, 0) is 12.1 Å². The van der Waals surface area contributed by atoms with Crippen LogP contribution in [0.5, 0.6) is 0 Å². The lowest BCUT2D eigenvalue weighted by Gasteiger charge is -1.98. The summed E-state index contributed by atoms with van der Waals surface area (Å²) in [5.74, 6) is -0.403. The Kier molecular flexibility index (Phi) is 4.13. The maximum Gasteiger partial charge on any atom is 0.272 e. The second-order valence-electron chi connectivity index (χ2n) is 3.79. The third kappa shape index (κ3) is 3.45. The number of nitrogens with zero attached hydrogens (tertiary/aromatic N) is 3. The van der Waals surface area contributed by atoms with Crippen molar-refractivity contribution in [2.75, 3.05) is 0 Å². The molecule has 0 aliphatic rings. The molecule has 100 valence electrons. The number of benzene rings is 1. The fraction of sp³-hybridized carbons (Fsp3) is 0. The van der Waals surface area contributed by atoms with Crippen LogP contribution in [0.3, 0.4) is 0 Å². The average molecular weight is 270 g/mol. The molecular weight excluding hydrogens is 260 g/mol. The summed E-state index contributed by atoms with van der Waals surface area (Å²) in [7, 11) is 0. The summed E-state index contributed by atoms with van der Waals surface area (Å²) in [5, 5.41) is 14.3. The molecule has 0 saturated carbocycles. The Hall–Kier alpha value is -3.09. The number of aromatic nitrogens is 1. The van der Waals surface area contributed by atoms with Gasteiger partial charge in [-0.15, -0.1) is 0 Å². The van der Waals surface area contributed by atoms with Crippen LogP contribution >= 0.6 is 0 Å². The van der Waals surface area contributed by atoms with E-state index in [4.69, 9.17) is 0 Å². The van der Waals surface area contributed by atoms with Gasteiger partial charge in [0.2, 0.25) is 0 Å². The van der Waals surface area contributed by atoms with Gasteiger partial charge < -0.3 is 0 Å². The highest BCUT2D eigenvalue weighted by Gasteiger charge is 2.05. The number of carbonyl (C=O) groups is 1. The van der Waals surface area contributed by atoms with E-state index in [0.29, 0.717) is 11.1 Å². The molecule has 1 aromatic carbocycles. The van der Waals surface area contributed by atoms with Gasteiger partial charge in [0.1, 0.15) is 0 Å². The zero-order chi connectivity index (χ0) is 14.4. The van der Waals surface area contributed by atoms with Crippen molar-refractivity contribution in [1.29, 1.82) is 0 Å². The summed E-state index contributed by atoms with van der Waals surface area (Å²) in [6.45, 7) is 0. The molecule has 7 heteroatoms. The lowest BCUT2D eigenvalue weighted by Crippen LogP contribution is -2.17. The SMILES string of the molecule is O=C(NN=Cc1cccc([N+](=O)[O-])c1)c1cccnc1. The minimum Gasteiger partial charge on any atom is -0.267 e. The number of nitro benzene ring substituents is 1. The molecule has 1 aromatic heterocycles. The molecule has 2 aromatic rings. The van der Waals surface area contributed by atoms with Crippen LogP contribution in [-0.2, 0) is 0 Å². The van der Waals surface area contributed by atoms with Crippen molar-refractivity contribution in [3.05, 3.63) is 70.0 Å². The molecule has 0 radical (unpaired) electrons. The summed E-state index contributed by atoms with van der Waals surface area (Å²) in [6, 6.07) is 9.17. The number of hydrogen-bond acceptors (Lipinski definition) is 5. The smallest absolute Gasteiger partial charge is 0.267 e. The second kappa shape index (κ2) is 6.19. The standard InChI is InChI=1S/C13H10N4O3/c18-13(11-4-2-6-14-9-11)16-15-8-10-3-1-5-12(7-10)17(19)20/h1-9H,(H,16,18). The van der Waals surface area contributed by atoms with Crippen molar-refractivity contribution in [3.63, 3.8) is 0 Å². The number of hydrazone groups is 1. The summed E-state index contributed by atoms with van der Waals surface area (Å²) in [4.78, 5) is 25.6. The van der Waals surface area contributed by atoms with E-state index in [1.54, 1.807) is 30.5 Å². The number of amides is 1. The van der Waals surface area contributed by atoms with E-state index >= 15 is 0 Å². The van der Waals surface area contributed by atoms with Gasteiger partial charge in [-0.1, -0.05) is 12.1 Å². The van der Waals surface area contributed by atoms with Gasteiger partial charge in [0.05, 0.1) is 16.7 Å². The van der Waals surface area contributed by atoms with Gasteiger partial charge in [0.25, 0.3) is 11.6 Å². The number of non-ortho nitro benzene ring substituents is 1. The molecule has 0 saturated heterocycles. The molecule has 0 unspecified atom stereocenters. The van der Waals surface area contributed by atoms with Crippen LogP contribution in [0.4, 0.5) is 5.69 Å². The summed E-state index contributed by atoms with van der Waals surface area (Å²) in [6.07, 6.45) is 4.31. The first kappa shape index (κ1) is 13.3. The quantitative estimate of drug-likeness (QED) is 0.520. The van der Waals surface area contributed by atoms with Crippen molar-refractivity contribution in [2.45, 2.75) is 0 Å². The minimum absolute atomic E-state index is 0.0347. The van der Waals surface area contributed by atoms with Crippen LogP contribution in [0.25, 0.3) is 0 Å². The Labute approximate surface area is 114 Å². The normalized spacial score (nSPS) is 10.4. The maximum absolute atomic E-state index is 11.6. The molecule has 0 aliphatic carbocycles. The predicted molar refractivity (Wildman–Crippen MR) is 72.4 cm³/mol. The Balaban J connectivity index is 2.02. The summed E-state index contributed by atoms with van der Waals surface area (Å²) >= 11 is 0. The number of nitro groups is 1. The molecule has 7 nitrogen and oxygen atoms in total. The Bertz CT molecular complexity index is 656. The Morgan fingerprint density at radius 3 is 2.90 bits per heavy atom. The topological polar surface area (TPSA) is 97.5 Å². The van der Waals surface area contributed by atoms with Crippen LogP contribution in [-0.4, -0.2) is 22.0 Å². The van der Waals surface area contributed by atoms with Crippen LogP contribution in [0.15, 0.2) is 53.9 Å². The summed E-state index contributed by atoms with van der Waals surface area (Å²) in [5.41, 5.74) is 3.18. The average Bonchev–Trinajstić information content (AvgIpc) is 2.48. The van der Waals surface area contributed by atoms with Gasteiger partial charge in [-0.2, -0.15) is 5.10 Å². The van der Waals surface area contributed by atoms with Crippen molar-refractivity contribution >= 4 is 17.8 Å². The molecule has 0 bridgehead atoms. The number of pyridine rings is 1. The first-order valence-electron chi connectivity index (χ1n) is 5.65. The van der Waals surface area contributed by atoms with Crippen LogP contribution < -0.4 is 5.43 Å². The van der Waals surface area contributed by atoms with Crippen LogP contribution in [0.1, 0.15) is 15.9 Å². The third-order valence-corrected chi connectivity index (χ3v) is 2.38. The van der Waals surface area contributed by atoms with Crippen LogP contribution in [0.2, 0.25) is 0 Å². The van der Waals surface area contributed by atoms with Crippen molar-refractivity contribution in [1.82, 2.24) is 10.4 Å². The fourth-order valence-electron chi connectivity index (χ4n) is 1.45. The molecule has 20 heavy (non-hydrogen) atoms. The molecule has 0 atom stereocenters. The van der Waals surface area contributed by atoms with E-state index in [0.717, 1.165) is 0 Å². The van der Waals surface area contributed by atoms with Crippen molar-refractivity contribution < 1.29 is 9.72 Å². The maximum atomic E-state index is 11.6. The van der Waals surface area contributed by atoms with Gasteiger partial charge in [0, 0.05) is 30.1 Å². The van der Waals surface area contributed by atoms with E-state index in [1.807, 2.05) is 0 Å². The van der Waals surface area contributed by atoms with E-state index in [2.05, 4.69) is 15.5 Å². The first-order valence-corrected chi connectivity index (χ1v) is 5.65. The number of rotatable bonds is 4. The van der Waals surface area contributed by atoms with E-state index in [-0.39, 0.29) is 5.69 Å². The van der Waals surface area contributed by atoms with Gasteiger partial charge in [-0.3, -0.25) is 19.9 Å². The van der Waals surface area contributed by atoms with Crippen LogP contribution in [0, 0.1) is 10.1 Å². The van der Waals surface area contributed by atoms with Crippen molar-refractivity contribution in [3.8, 4) is 0 Å². The largest absolute Gasteiger partial charge is 0.272 e. The van der Waals surface area contributed by atoms with Gasteiger partial charge >= 0.3 is 0 Å². The van der Waals surface area contributed by atoms with Crippen molar-refractivity contribution in [2.24, 2.45) is 5.10 Å². The molecule has 0 fully saturated rings. The molecule has 2 rings (SSSR count). The number of carbonyl (C=O) groups excluding carboxylic acids is 1.